The maximum atomic E-state index is 11.7. The van der Waals surface area contributed by atoms with Gasteiger partial charge in [-0.15, -0.1) is 0 Å². The molecule has 18 heavy (non-hydrogen) atoms. The Labute approximate surface area is 108 Å². The Bertz CT molecular complexity index is 403. The minimum Gasteiger partial charge on any atom is -0.468 e. The summed E-state index contributed by atoms with van der Waals surface area (Å²) in [6.07, 6.45) is 0.751. The van der Waals surface area contributed by atoms with E-state index in [0.29, 0.717) is 0 Å². The van der Waals surface area contributed by atoms with Gasteiger partial charge in [0.2, 0.25) is 5.91 Å². The number of benzene rings is 1. The van der Waals surface area contributed by atoms with E-state index in [-0.39, 0.29) is 18.5 Å². The Balaban J connectivity index is 2.95. The highest BCUT2D eigenvalue weighted by Gasteiger charge is 2.23. The minimum atomic E-state index is -0.403. The van der Waals surface area contributed by atoms with Gasteiger partial charge in [-0.3, -0.25) is 9.59 Å². The normalized spacial score (nSPS) is 11.7. The van der Waals surface area contributed by atoms with E-state index >= 15 is 0 Å². The predicted molar refractivity (Wildman–Crippen MR) is 68.9 cm³/mol. The van der Waals surface area contributed by atoms with Crippen LogP contribution in [-0.2, 0) is 14.3 Å². The number of rotatable bonds is 5. The summed E-state index contributed by atoms with van der Waals surface area (Å²) in [5, 5.41) is 0. The molecule has 0 aromatic heterocycles. The molecule has 0 aliphatic heterocycles. The van der Waals surface area contributed by atoms with Crippen LogP contribution in [0.15, 0.2) is 30.3 Å². The second-order valence-corrected chi connectivity index (χ2v) is 4.06. The van der Waals surface area contributed by atoms with Gasteiger partial charge in [-0.2, -0.15) is 0 Å². The summed E-state index contributed by atoms with van der Waals surface area (Å²) < 4.78 is 4.63. The fraction of sp³-hybridized carbons (Fsp3) is 0.429. The van der Waals surface area contributed by atoms with Gasteiger partial charge in [-0.1, -0.05) is 37.3 Å². The molecule has 0 aliphatic rings. The van der Waals surface area contributed by atoms with Gasteiger partial charge in [0.05, 0.1) is 13.2 Å². The average molecular weight is 249 g/mol. The van der Waals surface area contributed by atoms with Crippen LogP contribution in [0.25, 0.3) is 0 Å². The topological polar surface area (TPSA) is 46.6 Å². The van der Waals surface area contributed by atoms with Crippen LogP contribution >= 0.6 is 0 Å². The molecule has 0 saturated carbocycles. The number of carbonyl (C=O) groups excluding carboxylic acids is 2. The van der Waals surface area contributed by atoms with E-state index in [1.54, 1.807) is 4.90 Å². The summed E-state index contributed by atoms with van der Waals surface area (Å²) in [5.74, 6) is -0.532. The number of methoxy groups -OCH3 is 1. The highest BCUT2D eigenvalue weighted by atomic mass is 16.5. The summed E-state index contributed by atoms with van der Waals surface area (Å²) in [4.78, 5) is 24.6. The lowest BCUT2D eigenvalue weighted by molar-refractivity contribution is -0.148. The first-order valence-corrected chi connectivity index (χ1v) is 5.99. The lowest BCUT2D eigenvalue weighted by Crippen LogP contribution is -2.37. The van der Waals surface area contributed by atoms with Crippen LogP contribution in [0, 0.1) is 0 Å². The first-order valence-electron chi connectivity index (χ1n) is 5.99. The number of hydrogen-bond donors (Lipinski definition) is 0. The number of nitrogens with zero attached hydrogens (tertiary/aromatic N) is 1. The molecule has 0 spiro atoms. The van der Waals surface area contributed by atoms with Gasteiger partial charge in [0.15, 0.2) is 0 Å². The zero-order chi connectivity index (χ0) is 13.5. The first-order chi connectivity index (χ1) is 8.60. The van der Waals surface area contributed by atoms with Gasteiger partial charge in [0, 0.05) is 6.92 Å². The Morgan fingerprint density at radius 3 is 2.33 bits per heavy atom. The Morgan fingerprint density at radius 2 is 1.89 bits per heavy atom. The van der Waals surface area contributed by atoms with Crippen molar-refractivity contribution in [2.75, 3.05) is 13.7 Å². The molecule has 0 N–H and O–H groups in total. The largest absolute Gasteiger partial charge is 0.468 e. The summed E-state index contributed by atoms with van der Waals surface area (Å²) in [6.45, 7) is 3.44. The van der Waals surface area contributed by atoms with E-state index in [1.165, 1.54) is 14.0 Å². The van der Waals surface area contributed by atoms with Crippen molar-refractivity contribution >= 4 is 11.9 Å². The zero-order valence-corrected chi connectivity index (χ0v) is 11.1. The third-order valence-corrected chi connectivity index (χ3v) is 2.88. The molecule has 0 radical (unpaired) electrons. The SMILES string of the molecule is CC[C@@H](c1ccccc1)N(CC(=O)OC)C(C)=O. The Hall–Kier alpha value is -1.84. The van der Waals surface area contributed by atoms with E-state index in [0.717, 1.165) is 12.0 Å². The number of esters is 1. The highest BCUT2D eigenvalue weighted by molar-refractivity contribution is 5.80. The summed E-state index contributed by atoms with van der Waals surface area (Å²) in [7, 11) is 1.32. The molecule has 1 amide bonds. The molecule has 1 aromatic rings. The van der Waals surface area contributed by atoms with Crippen molar-refractivity contribution in [3.63, 3.8) is 0 Å². The van der Waals surface area contributed by atoms with Crippen LogP contribution in [0.1, 0.15) is 31.9 Å². The third kappa shape index (κ3) is 3.58. The van der Waals surface area contributed by atoms with Crippen LogP contribution in [0.4, 0.5) is 0 Å². The summed E-state index contributed by atoms with van der Waals surface area (Å²) >= 11 is 0. The lowest BCUT2D eigenvalue weighted by Gasteiger charge is -2.29. The van der Waals surface area contributed by atoms with E-state index in [9.17, 15) is 9.59 Å². The number of amides is 1. The molecule has 0 saturated heterocycles. The van der Waals surface area contributed by atoms with Crippen molar-refractivity contribution in [2.45, 2.75) is 26.3 Å². The van der Waals surface area contributed by atoms with Crippen molar-refractivity contribution < 1.29 is 14.3 Å². The molecule has 0 fully saturated rings. The van der Waals surface area contributed by atoms with Gasteiger partial charge in [0.1, 0.15) is 6.54 Å². The monoisotopic (exact) mass is 249 g/mol. The highest BCUT2D eigenvalue weighted by Crippen LogP contribution is 2.23. The molecule has 0 heterocycles. The van der Waals surface area contributed by atoms with Crippen molar-refractivity contribution in [1.82, 2.24) is 4.90 Å². The smallest absolute Gasteiger partial charge is 0.325 e. The van der Waals surface area contributed by atoms with Crippen LogP contribution in [-0.4, -0.2) is 30.4 Å². The van der Waals surface area contributed by atoms with E-state index in [4.69, 9.17) is 0 Å². The number of hydrogen-bond acceptors (Lipinski definition) is 3. The van der Waals surface area contributed by atoms with Gasteiger partial charge < -0.3 is 9.64 Å². The van der Waals surface area contributed by atoms with E-state index in [2.05, 4.69) is 4.74 Å². The molecule has 1 aromatic carbocycles. The second-order valence-electron chi connectivity index (χ2n) is 4.06. The van der Waals surface area contributed by atoms with Crippen molar-refractivity contribution in [2.24, 2.45) is 0 Å². The van der Waals surface area contributed by atoms with Crippen LogP contribution < -0.4 is 0 Å². The van der Waals surface area contributed by atoms with Gasteiger partial charge in [-0.25, -0.2) is 0 Å². The minimum absolute atomic E-state index is 0.0146. The molecule has 1 rings (SSSR count). The van der Waals surface area contributed by atoms with Crippen molar-refractivity contribution in [3.8, 4) is 0 Å². The molecule has 0 unspecified atom stereocenters. The number of carbonyl (C=O) groups is 2. The Morgan fingerprint density at radius 1 is 1.28 bits per heavy atom. The fourth-order valence-corrected chi connectivity index (χ4v) is 1.96. The average Bonchev–Trinajstić information content (AvgIpc) is 2.39. The molecule has 0 bridgehead atoms. The van der Waals surface area contributed by atoms with Crippen molar-refractivity contribution in [3.05, 3.63) is 35.9 Å². The molecule has 4 heteroatoms. The number of ether oxygens (including phenoxy) is 1. The molecular formula is C14H19NO3. The summed E-state index contributed by atoms with van der Waals surface area (Å²) in [6, 6.07) is 9.60. The first kappa shape index (κ1) is 14.2. The maximum absolute atomic E-state index is 11.7. The Kier molecular flexibility index (Phi) is 5.36. The van der Waals surface area contributed by atoms with E-state index < -0.39 is 5.97 Å². The van der Waals surface area contributed by atoms with Gasteiger partial charge >= 0.3 is 5.97 Å². The quantitative estimate of drug-likeness (QED) is 0.751. The van der Waals surface area contributed by atoms with Gasteiger partial charge in [0.25, 0.3) is 0 Å². The standard InChI is InChI=1S/C14H19NO3/c1-4-13(12-8-6-5-7-9-12)15(11(2)16)10-14(17)18-3/h5-9,13H,4,10H2,1-3H3/t13-/m0/s1. The predicted octanol–water partition coefficient (Wildman–Crippen LogP) is 2.16. The zero-order valence-electron chi connectivity index (χ0n) is 11.1. The molecule has 4 nitrogen and oxygen atoms in total. The molecule has 98 valence electrons. The fourth-order valence-electron chi connectivity index (χ4n) is 1.96. The molecular weight excluding hydrogens is 230 g/mol. The van der Waals surface area contributed by atoms with Crippen LogP contribution in [0.5, 0.6) is 0 Å². The van der Waals surface area contributed by atoms with Gasteiger partial charge in [-0.05, 0) is 12.0 Å². The maximum Gasteiger partial charge on any atom is 0.325 e. The van der Waals surface area contributed by atoms with Crippen LogP contribution in [0.3, 0.4) is 0 Å². The lowest BCUT2D eigenvalue weighted by atomic mass is 10.0. The second kappa shape index (κ2) is 6.79. The van der Waals surface area contributed by atoms with Crippen molar-refractivity contribution in [1.29, 1.82) is 0 Å². The molecule has 1 atom stereocenters. The van der Waals surface area contributed by atoms with Crippen LogP contribution in [0.2, 0.25) is 0 Å². The molecule has 0 aliphatic carbocycles. The van der Waals surface area contributed by atoms with E-state index in [1.807, 2.05) is 37.3 Å². The summed E-state index contributed by atoms with van der Waals surface area (Å²) in [5.41, 5.74) is 1.03. The third-order valence-electron chi connectivity index (χ3n) is 2.88.